The first kappa shape index (κ1) is 13.8. The fourth-order valence-corrected chi connectivity index (χ4v) is 2.53. The standard InChI is InChI=1S/C18H22O/c1-4-18(19,14(2)3)17-12-10-16(11-13-17)15-8-6-5-7-9-15/h5-14,19H,4H2,1-3H3. The van der Waals surface area contributed by atoms with Crippen LogP contribution in [-0.2, 0) is 5.60 Å². The highest BCUT2D eigenvalue weighted by Crippen LogP contribution is 2.33. The second-order valence-corrected chi connectivity index (χ2v) is 5.38. The average molecular weight is 254 g/mol. The zero-order valence-electron chi connectivity index (χ0n) is 11.9. The fourth-order valence-electron chi connectivity index (χ4n) is 2.53. The van der Waals surface area contributed by atoms with Gasteiger partial charge in [-0.25, -0.2) is 0 Å². The van der Waals surface area contributed by atoms with Gasteiger partial charge in [-0.1, -0.05) is 75.4 Å². The van der Waals surface area contributed by atoms with Crippen molar-refractivity contribution in [2.75, 3.05) is 0 Å². The minimum atomic E-state index is -0.727. The van der Waals surface area contributed by atoms with Crippen LogP contribution in [0.25, 0.3) is 11.1 Å². The molecule has 1 atom stereocenters. The zero-order chi connectivity index (χ0) is 13.9. The highest BCUT2D eigenvalue weighted by Gasteiger charge is 2.30. The molecule has 0 aliphatic carbocycles. The molecule has 0 saturated carbocycles. The quantitative estimate of drug-likeness (QED) is 0.845. The van der Waals surface area contributed by atoms with Crippen LogP contribution in [0.2, 0.25) is 0 Å². The van der Waals surface area contributed by atoms with Crippen molar-refractivity contribution in [1.29, 1.82) is 0 Å². The summed E-state index contributed by atoms with van der Waals surface area (Å²) in [5.74, 6) is 0.208. The van der Waals surface area contributed by atoms with Crippen LogP contribution in [0.4, 0.5) is 0 Å². The van der Waals surface area contributed by atoms with Crippen LogP contribution in [0.5, 0.6) is 0 Å². The first-order valence-corrected chi connectivity index (χ1v) is 6.96. The Labute approximate surface area is 115 Å². The minimum absolute atomic E-state index is 0.208. The van der Waals surface area contributed by atoms with Gasteiger partial charge in [-0.3, -0.25) is 0 Å². The van der Waals surface area contributed by atoms with E-state index in [4.69, 9.17) is 0 Å². The van der Waals surface area contributed by atoms with Crippen LogP contribution >= 0.6 is 0 Å². The summed E-state index contributed by atoms with van der Waals surface area (Å²) in [7, 11) is 0. The summed E-state index contributed by atoms with van der Waals surface area (Å²) in [6.07, 6.45) is 0.731. The van der Waals surface area contributed by atoms with Gasteiger partial charge in [-0.15, -0.1) is 0 Å². The first-order valence-electron chi connectivity index (χ1n) is 6.96. The molecule has 100 valence electrons. The lowest BCUT2D eigenvalue weighted by molar-refractivity contribution is -0.0140. The first-order chi connectivity index (χ1) is 9.08. The molecule has 1 heteroatoms. The SMILES string of the molecule is CCC(O)(c1ccc(-c2ccccc2)cc1)C(C)C. The van der Waals surface area contributed by atoms with Gasteiger partial charge in [0.25, 0.3) is 0 Å². The minimum Gasteiger partial charge on any atom is -0.385 e. The van der Waals surface area contributed by atoms with Gasteiger partial charge >= 0.3 is 0 Å². The molecule has 0 heterocycles. The van der Waals surface area contributed by atoms with Gasteiger partial charge in [0.2, 0.25) is 0 Å². The van der Waals surface area contributed by atoms with Gasteiger partial charge in [0.05, 0.1) is 5.60 Å². The number of aliphatic hydroxyl groups is 1. The van der Waals surface area contributed by atoms with Crippen molar-refractivity contribution >= 4 is 0 Å². The molecule has 1 N–H and O–H groups in total. The third kappa shape index (κ3) is 2.71. The van der Waals surface area contributed by atoms with Crippen molar-refractivity contribution in [3.8, 4) is 11.1 Å². The summed E-state index contributed by atoms with van der Waals surface area (Å²) in [4.78, 5) is 0. The molecule has 2 aromatic rings. The van der Waals surface area contributed by atoms with Crippen molar-refractivity contribution in [2.24, 2.45) is 5.92 Å². The normalized spacial score (nSPS) is 14.4. The number of benzene rings is 2. The van der Waals surface area contributed by atoms with E-state index >= 15 is 0 Å². The molecule has 0 aliphatic heterocycles. The van der Waals surface area contributed by atoms with Crippen molar-refractivity contribution in [2.45, 2.75) is 32.8 Å². The molecule has 1 unspecified atom stereocenters. The van der Waals surface area contributed by atoms with Gasteiger partial charge in [-0.05, 0) is 29.0 Å². The molecule has 2 aromatic carbocycles. The Hall–Kier alpha value is -1.60. The Balaban J connectivity index is 2.33. The smallest absolute Gasteiger partial charge is 0.0916 e. The van der Waals surface area contributed by atoms with E-state index in [9.17, 15) is 5.11 Å². The van der Waals surface area contributed by atoms with Crippen LogP contribution < -0.4 is 0 Å². The summed E-state index contributed by atoms with van der Waals surface area (Å²) < 4.78 is 0. The molecule has 19 heavy (non-hydrogen) atoms. The predicted octanol–water partition coefficient (Wildman–Crippen LogP) is 4.61. The summed E-state index contributed by atoms with van der Waals surface area (Å²) in [5.41, 5.74) is 2.67. The summed E-state index contributed by atoms with van der Waals surface area (Å²) in [6.45, 7) is 6.16. The Morgan fingerprint density at radius 3 is 1.89 bits per heavy atom. The Bertz CT molecular complexity index is 513. The molecule has 0 saturated heterocycles. The maximum absolute atomic E-state index is 10.7. The molecular weight excluding hydrogens is 232 g/mol. The van der Waals surface area contributed by atoms with Crippen LogP contribution in [0.3, 0.4) is 0 Å². The maximum atomic E-state index is 10.7. The van der Waals surface area contributed by atoms with E-state index in [0.29, 0.717) is 0 Å². The largest absolute Gasteiger partial charge is 0.385 e. The lowest BCUT2D eigenvalue weighted by Crippen LogP contribution is -2.31. The lowest BCUT2D eigenvalue weighted by Gasteiger charge is -2.31. The van der Waals surface area contributed by atoms with E-state index in [1.807, 2.05) is 37.3 Å². The van der Waals surface area contributed by atoms with Crippen molar-refractivity contribution < 1.29 is 5.11 Å². The van der Waals surface area contributed by atoms with E-state index in [1.165, 1.54) is 11.1 Å². The molecule has 0 fully saturated rings. The monoisotopic (exact) mass is 254 g/mol. The third-order valence-electron chi connectivity index (χ3n) is 3.99. The van der Waals surface area contributed by atoms with Crippen LogP contribution in [0.1, 0.15) is 32.8 Å². The van der Waals surface area contributed by atoms with Crippen molar-refractivity contribution in [3.05, 3.63) is 60.2 Å². The van der Waals surface area contributed by atoms with Crippen molar-refractivity contribution in [3.63, 3.8) is 0 Å². The Kier molecular flexibility index (Phi) is 4.06. The Morgan fingerprint density at radius 2 is 1.42 bits per heavy atom. The van der Waals surface area contributed by atoms with E-state index in [-0.39, 0.29) is 5.92 Å². The number of rotatable bonds is 4. The van der Waals surface area contributed by atoms with Crippen molar-refractivity contribution in [1.82, 2.24) is 0 Å². The van der Waals surface area contributed by atoms with E-state index in [2.05, 4.69) is 38.1 Å². The molecule has 0 aromatic heterocycles. The van der Waals surface area contributed by atoms with E-state index in [0.717, 1.165) is 12.0 Å². The highest BCUT2D eigenvalue weighted by atomic mass is 16.3. The summed E-state index contributed by atoms with van der Waals surface area (Å²) in [5, 5.41) is 10.7. The van der Waals surface area contributed by atoms with Crippen LogP contribution in [0, 0.1) is 5.92 Å². The predicted molar refractivity (Wildman–Crippen MR) is 80.9 cm³/mol. The van der Waals surface area contributed by atoms with Gasteiger partial charge in [0.15, 0.2) is 0 Å². The molecule has 0 aliphatic rings. The second kappa shape index (κ2) is 5.58. The highest BCUT2D eigenvalue weighted by molar-refractivity contribution is 5.63. The second-order valence-electron chi connectivity index (χ2n) is 5.38. The van der Waals surface area contributed by atoms with Crippen LogP contribution in [0.15, 0.2) is 54.6 Å². The Morgan fingerprint density at radius 1 is 0.895 bits per heavy atom. The van der Waals surface area contributed by atoms with Crippen LogP contribution in [-0.4, -0.2) is 5.11 Å². The van der Waals surface area contributed by atoms with E-state index in [1.54, 1.807) is 0 Å². The number of hydrogen-bond donors (Lipinski definition) is 1. The summed E-state index contributed by atoms with van der Waals surface area (Å²) >= 11 is 0. The van der Waals surface area contributed by atoms with Gasteiger partial charge in [-0.2, -0.15) is 0 Å². The number of hydrogen-bond acceptors (Lipinski definition) is 1. The molecular formula is C18H22O. The van der Waals surface area contributed by atoms with Gasteiger partial charge in [0, 0.05) is 0 Å². The lowest BCUT2D eigenvalue weighted by atomic mass is 9.81. The summed E-state index contributed by atoms with van der Waals surface area (Å²) in [6, 6.07) is 18.6. The molecule has 1 nitrogen and oxygen atoms in total. The van der Waals surface area contributed by atoms with Gasteiger partial charge < -0.3 is 5.11 Å². The third-order valence-corrected chi connectivity index (χ3v) is 3.99. The van der Waals surface area contributed by atoms with E-state index < -0.39 is 5.60 Å². The zero-order valence-corrected chi connectivity index (χ0v) is 11.9. The van der Waals surface area contributed by atoms with Gasteiger partial charge in [0.1, 0.15) is 0 Å². The fraction of sp³-hybridized carbons (Fsp3) is 0.333. The maximum Gasteiger partial charge on any atom is 0.0916 e. The molecule has 0 spiro atoms. The molecule has 2 rings (SSSR count). The topological polar surface area (TPSA) is 20.2 Å². The molecule has 0 bridgehead atoms. The molecule has 0 radical (unpaired) electrons. The molecule has 0 amide bonds. The average Bonchev–Trinajstić information content (AvgIpc) is 2.47.